The fourth-order valence-corrected chi connectivity index (χ4v) is 2.46. The zero-order chi connectivity index (χ0) is 13.7. The minimum atomic E-state index is 0.122. The molecule has 2 rings (SSSR count). The molecule has 0 atom stereocenters. The van der Waals surface area contributed by atoms with E-state index in [1.54, 1.807) is 0 Å². The van der Waals surface area contributed by atoms with E-state index in [2.05, 4.69) is 6.07 Å². The molecule has 19 heavy (non-hydrogen) atoms. The largest absolute Gasteiger partial charge is 0.381 e. The summed E-state index contributed by atoms with van der Waals surface area (Å²) in [6.45, 7) is 2.58. The van der Waals surface area contributed by atoms with E-state index in [1.807, 2.05) is 30.1 Å². The predicted octanol–water partition coefficient (Wildman–Crippen LogP) is 1.53. The summed E-state index contributed by atoms with van der Waals surface area (Å²) in [5.74, 6) is 0.345. The van der Waals surface area contributed by atoms with Gasteiger partial charge in [0.1, 0.15) is 0 Å². The van der Waals surface area contributed by atoms with Crippen LogP contribution in [0.25, 0.3) is 0 Å². The number of amides is 1. The van der Waals surface area contributed by atoms with Gasteiger partial charge in [0.2, 0.25) is 5.91 Å². The smallest absolute Gasteiger partial charge is 0.225 e. The molecule has 4 heteroatoms. The van der Waals surface area contributed by atoms with Crippen molar-refractivity contribution in [2.75, 3.05) is 20.3 Å². The van der Waals surface area contributed by atoms with Crippen molar-refractivity contribution in [2.24, 2.45) is 11.7 Å². The molecule has 104 valence electrons. The van der Waals surface area contributed by atoms with E-state index < -0.39 is 0 Å². The van der Waals surface area contributed by atoms with Crippen LogP contribution in [0.3, 0.4) is 0 Å². The number of rotatable bonds is 4. The average Bonchev–Trinajstić information content (AvgIpc) is 2.47. The van der Waals surface area contributed by atoms with Gasteiger partial charge in [0.05, 0.1) is 0 Å². The van der Waals surface area contributed by atoms with Crippen molar-refractivity contribution in [3.63, 3.8) is 0 Å². The number of carbonyl (C=O) groups is 1. The van der Waals surface area contributed by atoms with Crippen molar-refractivity contribution in [2.45, 2.75) is 25.9 Å². The third-order valence-electron chi connectivity index (χ3n) is 3.59. The van der Waals surface area contributed by atoms with Crippen LogP contribution in [0.1, 0.15) is 24.0 Å². The normalized spacial score (nSPS) is 16.3. The van der Waals surface area contributed by atoms with Crippen LogP contribution in [0.2, 0.25) is 0 Å². The van der Waals surface area contributed by atoms with Gasteiger partial charge >= 0.3 is 0 Å². The number of benzene rings is 1. The lowest BCUT2D eigenvalue weighted by Crippen LogP contribution is -2.35. The second kappa shape index (κ2) is 6.68. The summed E-state index contributed by atoms with van der Waals surface area (Å²) in [5.41, 5.74) is 7.86. The lowest BCUT2D eigenvalue weighted by atomic mass is 9.98. The molecule has 0 spiro atoms. The van der Waals surface area contributed by atoms with Gasteiger partial charge in [-0.1, -0.05) is 24.3 Å². The van der Waals surface area contributed by atoms with Crippen LogP contribution in [0.5, 0.6) is 0 Å². The summed E-state index contributed by atoms with van der Waals surface area (Å²) in [5, 5.41) is 0. The van der Waals surface area contributed by atoms with Gasteiger partial charge in [-0.15, -0.1) is 0 Å². The minimum Gasteiger partial charge on any atom is -0.381 e. The van der Waals surface area contributed by atoms with E-state index in [-0.39, 0.29) is 11.8 Å². The van der Waals surface area contributed by atoms with Gasteiger partial charge < -0.3 is 15.4 Å². The first-order valence-electron chi connectivity index (χ1n) is 6.81. The third kappa shape index (κ3) is 3.78. The van der Waals surface area contributed by atoms with Gasteiger partial charge in [-0.05, 0) is 24.0 Å². The van der Waals surface area contributed by atoms with Gasteiger partial charge in [0.15, 0.2) is 0 Å². The second-order valence-corrected chi connectivity index (χ2v) is 5.11. The Hall–Kier alpha value is -1.39. The van der Waals surface area contributed by atoms with Gasteiger partial charge in [-0.3, -0.25) is 4.79 Å². The maximum absolute atomic E-state index is 12.3. The molecule has 0 aliphatic carbocycles. The molecule has 1 aliphatic heterocycles. The highest BCUT2D eigenvalue weighted by atomic mass is 16.5. The Balaban J connectivity index is 1.95. The number of hydrogen-bond acceptors (Lipinski definition) is 3. The van der Waals surface area contributed by atoms with Gasteiger partial charge in [0.25, 0.3) is 0 Å². The average molecular weight is 262 g/mol. The first-order chi connectivity index (χ1) is 9.20. The zero-order valence-corrected chi connectivity index (χ0v) is 11.5. The zero-order valence-electron chi connectivity index (χ0n) is 11.5. The van der Waals surface area contributed by atoms with E-state index in [4.69, 9.17) is 10.5 Å². The first-order valence-corrected chi connectivity index (χ1v) is 6.81. The van der Waals surface area contributed by atoms with Gasteiger partial charge in [-0.2, -0.15) is 0 Å². The van der Waals surface area contributed by atoms with Gasteiger partial charge in [-0.25, -0.2) is 0 Å². The number of ether oxygens (including phenoxy) is 1. The number of carbonyl (C=O) groups excluding carboxylic acids is 1. The molecule has 1 aromatic rings. The Labute approximate surface area is 114 Å². The van der Waals surface area contributed by atoms with Crippen LogP contribution in [-0.4, -0.2) is 31.1 Å². The topological polar surface area (TPSA) is 55.6 Å². The minimum absolute atomic E-state index is 0.122. The molecule has 4 nitrogen and oxygen atoms in total. The molecule has 0 bridgehead atoms. The monoisotopic (exact) mass is 262 g/mol. The van der Waals surface area contributed by atoms with Crippen molar-refractivity contribution in [3.8, 4) is 0 Å². The Morgan fingerprint density at radius 1 is 1.37 bits per heavy atom. The fourth-order valence-electron chi connectivity index (χ4n) is 2.46. The fraction of sp³-hybridized carbons (Fsp3) is 0.533. The molecule has 0 saturated carbocycles. The lowest BCUT2D eigenvalue weighted by molar-refractivity contribution is -0.137. The summed E-state index contributed by atoms with van der Waals surface area (Å²) < 4.78 is 5.29. The van der Waals surface area contributed by atoms with Crippen LogP contribution in [0, 0.1) is 5.92 Å². The molecule has 1 saturated heterocycles. The highest BCUT2D eigenvalue weighted by molar-refractivity contribution is 5.78. The molecular formula is C15H22N2O2. The summed E-state index contributed by atoms with van der Waals surface area (Å²) in [4.78, 5) is 14.1. The Morgan fingerprint density at radius 2 is 2.05 bits per heavy atom. The quantitative estimate of drug-likeness (QED) is 0.895. The predicted molar refractivity (Wildman–Crippen MR) is 74.4 cm³/mol. The lowest BCUT2D eigenvalue weighted by Gasteiger charge is -2.26. The maximum Gasteiger partial charge on any atom is 0.225 e. The molecule has 1 amide bonds. The summed E-state index contributed by atoms with van der Waals surface area (Å²) >= 11 is 0. The SMILES string of the molecule is CN(Cc1cccc(CN)c1)C(=O)C1CCOCC1. The Morgan fingerprint density at radius 3 is 2.74 bits per heavy atom. The molecule has 1 aromatic carbocycles. The van der Waals surface area contributed by atoms with Crippen molar-refractivity contribution in [1.82, 2.24) is 4.90 Å². The van der Waals surface area contributed by atoms with E-state index in [0.717, 1.165) is 24.0 Å². The molecule has 2 N–H and O–H groups in total. The van der Waals surface area contributed by atoms with E-state index in [9.17, 15) is 4.79 Å². The molecule has 1 aliphatic rings. The molecule has 0 radical (unpaired) electrons. The molecular weight excluding hydrogens is 240 g/mol. The van der Waals surface area contributed by atoms with Crippen molar-refractivity contribution >= 4 is 5.91 Å². The number of hydrogen-bond donors (Lipinski definition) is 1. The van der Waals surface area contributed by atoms with Gasteiger partial charge in [0, 0.05) is 39.3 Å². The highest BCUT2D eigenvalue weighted by Crippen LogP contribution is 2.18. The van der Waals surface area contributed by atoms with Crippen molar-refractivity contribution < 1.29 is 9.53 Å². The number of nitrogens with two attached hydrogens (primary N) is 1. The van der Waals surface area contributed by atoms with Crippen LogP contribution < -0.4 is 5.73 Å². The Bertz CT molecular complexity index is 428. The standard InChI is InChI=1S/C15H22N2O2/c1-17(15(18)14-5-7-19-8-6-14)11-13-4-2-3-12(9-13)10-16/h2-4,9,14H,5-8,10-11,16H2,1H3. The van der Waals surface area contributed by atoms with Crippen molar-refractivity contribution in [3.05, 3.63) is 35.4 Å². The highest BCUT2D eigenvalue weighted by Gasteiger charge is 2.24. The molecule has 1 fully saturated rings. The van der Waals surface area contributed by atoms with E-state index >= 15 is 0 Å². The van der Waals surface area contributed by atoms with Crippen molar-refractivity contribution in [1.29, 1.82) is 0 Å². The maximum atomic E-state index is 12.3. The second-order valence-electron chi connectivity index (χ2n) is 5.11. The summed E-state index contributed by atoms with van der Waals surface area (Å²) in [6.07, 6.45) is 1.68. The van der Waals surface area contributed by atoms with Crippen LogP contribution in [0.4, 0.5) is 0 Å². The molecule has 0 aromatic heterocycles. The summed E-state index contributed by atoms with van der Waals surface area (Å²) in [6, 6.07) is 8.09. The summed E-state index contributed by atoms with van der Waals surface area (Å²) in [7, 11) is 1.87. The Kier molecular flexibility index (Phi) is 4.93. The van der Waals surface area contributed by atoms with Crippen LogP contribution in [-0.2, 0) is 22.6 Å². The van der Waals surface area contributed by atoms with Crippen LogP contribution >= 0.6 is 0 Å². The van der Waals surface area contributed by atoms with E-state index in [0.29, 0.717) is 26.3 Å². The van der Waals surface area contributed by atoms with Crippen LogP contribution in [0.15, 0.2) is 24.3 Å². The first kappa shape index (κ1) is 14.0. The molecule has 0 unspecified atom stereocenters. The number of nitrogens with zero attached hydrogens (tertiary/aromatic N) is 1. The molecule has 1 heterocycles. The third-order valence-corrected chi connectivity index (χ3v) is 3.59. The van der Waals surface area contributed by atoms with E-state index in [1.165, 1.54) is 0 Å².